The summed E-state index contributed by atoms with van der Waals surface area (Å²) in [5.41, 5.74) is -0.636. The third-order valence-corrected chi connectivity index (χ3v) is 4.64. The monoisotopic (exact) mass is 397 g/mol. The molecular formula is C20H26F3N3O2. The second-order valence-electron chi connectivity index (χ2n) is 8.01. The normalized spacial score (nSPS) is 19.8. The fourth-order valence-corrected chi connectivity index (χ4v) is 3.33. The molecule has 8 heteroatoms. The maximum Gasteiger partial charge on any atom is 0.416 e. The molecule has 1 aliphatic rings. The minimum absolute atomic E-state index is 0.0677. The first-order valence-corrected chi connectivity index (χ1v) is 9.20. The molecule has 1 saturated heterocycles. The molecule has 1 aromatic rings. The van der Waals surface area contributed by atoms with Crippen molar-refractivity contribution < 1.29 is 22.7 Å². The van der Waals surface area contributed by atoms with E-state index in [9.17, 15) is 23.2 Å². The van der Waals surface area contributed by atoms with E-state index in [1.165, 1.54) is 12.1 Å². The summed E-state index contributed by atoms with van der Waals surface area (Å²) in [6.07, 6.45) is -4.62. The van der Waals surface area contributed by atoms with E-state index in [1.807, 2.05) is 6.92 Å². The van der Waals surface area contributed by atoms with Gasteiger partial charge in [-0.25, -0.2) is 4.79 Å². The number of carbonyl (C=O) groups excluding carboxylic acids is 1. The molecule has 0 bridgehead atoms. The quantitative estimate of drug-likeness (QED) is 0.748. The minimum atomic E-state index is -4.39. The first kappa shape index (κ1) is 22.0. The molecule has 1 aromatic carbocycles. The first-order valence-electron chi connectivity index (χ1n) is 9.20. The fourth-order valence-electron chi connectivity index (χ4n) is 3.33. The number of rotatable bonds is 3. The molecule has 1 amide bonds. The summed E-state index contributed by atoms with van der Waals surface area (Å²) in [6, 6.07) is 6.67. The predicted molar refractivity (Wildman–Crippen MR) is 98.4 cm³/mol. The van der Waals surface area contributed by atoms with Crippen LogP contribution in [0.2, 0.25) is 0 Å². The van der Waals surface area contributed by atoms with Crippen molar-refractivity contribution in [1.29, 1.82) is 5.26 Å². The number of halogens is 3. The van der Waals surface area contributed by atoms with Crippen LogP contribution in [-0.4, -0.2) is 47.2 Å². The van der Waals surface area contributed by atoms with Gasteiger partial charge in [0.05, 0.1) is 18.1 Å². The summed E-state index contributed by atoms with van der Waals surface area (Å²) in [4.78, 5) is 16.0. The zero-order chi connectivity index (χ0) is 21.1. The van der Waals surface area contributed by atoms with Crippen molar-refractivity contribution in [3.63, 3.8) is 0 Å². The van der Waals surface area contributed by atoms with Crippen molar-refractivity contribution in [2.75, 3.05) is 19.6 Å². The van der Waals surface area contributed by atoms with Gasteiger partial charge in [0.1, 0.15) is 5.60 Å². The number of amides is 1. The lowest BCUT2D eigenvalue weighted by Crippen LogP contribution is -2.55. The molecule has 0 N–H and O–H groups in total. The van der Waals surface area contributed by atoms with Gasteiger partial charge in [0, 0.05) is 31.7 Å². The number of carbonyl (C=O) groups is 1. The molecule has 0 aliphatic carbocycles. The van der Waals surface area contributed by atoms with Crippen LogP contribution in [0.15, 0.2) is 24.3 Å². The molecule has 28 heavy (non-hydrogen) atoms. The SMILES string of the molecule is C[C@H]1CN(C(=O)OC(C)(C)C)CCN1[C@H](CC#N)c1ccc(C(F)(F)F)cc1. The van der Waals surface area contributed by atoms with E-state index in [0.717, 1.165) is 12.1 Å². The summed E-state index contributed by atoms with van der Waals surface area (Å²) in [7, 11) is 0. The molecule has 0 spiro atoms. The Kier molecular flexibility index (Phi) is 6.60. The molecule has 0 saturated carbocycles. The third-order valence-electron chi connectivity index (χ3n) is 4.64. The fraction of sp³-hybridized carbons (Fsp3) is 0.600. The summed E-state index contributed by atoms with van der Waals surface area (Å²) in [5, 5.41) is 9.23. The Bertz CT molecular complexity index is 720. The summed E-state index contributed by atoms with van der Waals surface area (Å²) in [5.74, 6) is 0. The Morgan fingerprint density at radius 1 is 1.25 bits per heavy atom. The number of piperazine rings is 1. The van der Waals surface area contributed by atoms with Gasteiger partial charge in [-0.1, -0.05) is 12.1 Å². The lowest BCUT2D eigenvalue weighted by Gasteiger charge is -2.43. The van der Waals surface area contributed by atoms with E-state index in [1.54, 1.807) is 25.7 Å². The maximum absolute atomic E-state index is 12.8. The Hall–Kier alpha value is -2.27. The number of hydrogen-bond donors (Lipinski definition) is 0. The molecule has 5 nitrogen and oxygen atoms in total. The van der Waals surface area contributed by atoms with Crippen molar-refractivity contribution in [2.24, 2.45) is 0 Å². The number of alkyl halides is 3. The molecule has 0 radical (unpaired) electrons. The van der Waals surface area contributed by atoms with Crippen molar-refractivity contribution in [3.05, 3.63) is 35.4 Å². The maximum atomic E-state index is 12.8. The first-order chi connectivity index (χ1) is 12.9. The zero-order valence-electron chi connectivity index (χ0n) is 16.6. The van der Waals surface area contributed by atoms with Crippen LogP contribution in [0.25, 0.3) is 0 Å². The van der Waals surface area contributed by atoms with Crippen molar-refractivity contribution in [2.45, 2.75) is 58.0 Å². The van der Waals surface area contributed by atoms with Gasteiger partial charge < -0.3 is 9.64 Å². The highest BCUT2D eigenvalue weighted by atomic mass is 19.4. The molecule has 154 valence electrons. The highest BCUT2D eigenvalue weighted by Gasteiger charge is 2.35. The van der Waals surface area contributed by atoms with E-state index in [-0.39, 0.29) is 24.6 Å². The Morgan fingerprint density at radius 3 is 2.32 bits per heavy atom. The van der Waals surface area contributed by atoms with Gasteiger partial charge in [-0.15, -0.1) is 0 Å². The van der Waals surface area contributed by atoms with Crippen LogP contribution < -0.4 is 0 Å². The van der Waals surface area contributed by atoms with Crippen LogP contribution in [0.3, 0.4) is 0 Å². The molecule has 2 rings (SSSR count). The minimum Gasteiger partial charge on any atom is -0.444 e. The van der Waals surface area contributed by atoms with Gasteiger partial charge in [-0.05, 0) is 45.4 Å². The van der Waals surface area contributed by atoms with Gasteiger partial charge >= 0.3 is 12.3 Å². The largest absolute Gasteiger partial charge is 0.444 e. The Morgan fingerprint density at radius 2 is 1.86 bits per heavy atom. The zero-order valence-corrected chi connectivity index (χ0v) is 16.6. The number of nitriles is 1. The van der Waals surface area contributed by atoms with Gasteiger partial charge in [-0.3, -0.25) is 4.90 Å². The lowest BCUT2D eigenvalue weighted by molar-refractivity contribution is -0.137. The van der Waals surface area contributed by atoms with Crippen LogP contribution in [0, 0.1) is 11.3 Å². The van der Waals surface area contributed by atoms with E-state index < -0.39 is 17.3 Å². The van der Waals surface area contributed by atoms with E-state index >= 15 is 0 Å². The second kappa shape index (κ2) is 8.39. The molecule has 0 unspecified atom stereocenters. The number of hydrogen-bond acceptors (Lipinski definition) is 4. The van der Waals surface area contributed by atoms with Crippen molar-refractivity contribution >= 4 is 6.09 Å². The van der Waals surface area contributed by atoms with Gasteiger partial charge in [0.25, 0.3) is 0 Å². The number of benzene rings is 1. The van der Waals surface area contributed by atoms with Crippen LogP contribution >= 0.6 is 0 Å². The Balaban J connectivity index is 2.13. The van der Waals surface area contributed by atoms with E-state index in [0.29, 0.717) is 25.2 Å². The molecule has 0 aromatic heterocycles. The average Bonchev–Trinajstić information content (AvgIpc) is 2.58. The van der Waals surface area contributed by atoms with Crippen LogP contribution in [0.5, 0.6) is 0 Å². The highest BCUT2D eigenvalue weighted by Crippen LogP contribution is 2.33. The van der Waals surface area contributed by atoms with E-state index in [4.69, 9.17) is 4.74 Å². The van der Waals surface area contributed by atoms with Crippen molar-refractivity contribution in [1.82, 2.24) is 9.80 Å². The predicted octanol–water partition coefficient (Wildman–Crippen LogP) is 4.60. The standard InChI is InChI=1S/C20H26F3N3O2/c1-14-13-25(18(27)28-19(2,3)4)11-12-26(14)17(9-10-24)15-5-7-16(8-6-15)20(21,22)23/h5-8,14,17H,9,11-13H2,1-4H3/t14-,17+/m0/s1. The third kappa shape index (κ3) is 5.61. The molecular weight excluding hydrogens is 371 g/mol. The molecule has 1 aliphatic heterocycles. The number of nitrogens with zero attached hydrogens (tertiary/aromatic N) is 3. The lowest BCUT2D eigenvalue weighted by atomic mass is 9.98. The summed E-state index contributed by atoms with van der Waals surface area (Å²) < 4.78 is 43.8. The van der Waals surface area contributed by atoms with Gasteiger partial charge in [-0.2, -0.15) is 18.4 Å². The van der Waals surface area contributed by atoms with E-state index in [2.05, 4.69) is 11.0 Å². The van der Waals surface area contributed by atoms with Crippen LogP contribution in [-0.2, 0) is 10.9 Å². The number of ether oxygens (including phenoxy) is 1. The molecule has 1 fully saturated rings. The smallest absolute Gasteiger partial charge is 0.416 e. The Labute approximate surface area is 163 Å². The molecule has 1 heterocycles. The highest BCUT2D eigenvalue weighted by molar-refractivity contribution is 5.68. The van der Waals surface area contributed by atoms with Gasteiger partial charge in [0.15, 0.2) is 0 Å². The van der Waals surface area contributed by atoms with Crippen molar-refractivity contribution in [3.8, 4) is 6.07 Å². The topological polar surface area (TPSA) is 56.6 Å². The van der Waals surface area contributed by atoms with Crippen LogP contribution in [0.4, 0.5) is 18.0 Å². The second-order valence-corrected chi connectivity index (χ2v) is 8.01. The average molecular weight is 397 g/mol. The van der Waals surface area contributed by atoms with Gasteiger partial charge in [0.2, 0.25) is 0 Å². The summed E-state index contributed by atoms with van der Waals surface area (Å²) in [6.45, 7) is 8.71. The summed E-state index contributed by atoms with van der Waals surface area (Å²) >= 11 is 0. The van der Waals surface area contributed by atoms with Crippen LogP contribution in [0.1, 0.15) is 51.3 Å². The molecule has 2 atom stereocenters.